The lowest BCUT2D eigenvalue weighted by Gasteiger charge is -2.15. The Morgan fingerprint density at radius 3 is 2.50 bits per heavy atom. The molecule has 1 aromatic heterocycles. The molecule has 0 bridgehead atoms. The number of pyridine rings is 1. The average molecular weight is 397 g/mol. The van der Waals surface area contributed by atoms with E-state index in [9.17, 15) is 9.90 Å². The summed E-state index contributed by atoms with van der Waals surface area (Å²) in [5, 5.41) is 10.3. The highest BCUT2D eigenvalue weighted by molar-refractivity contribution is 6.02. The van der Waals surface area contributed by atoms with Gasteiger partial charge in [0.25, 0.3) is 0 Å². The van der Waals surface area contributed by atoms with Gasteiger partial charge in [-0.25, -0.2) is 14.8 Å². The Morgan fingerprint density at radius 2 is 1.86 bits per heavy atom. The molecule has 1 aromatic rings. The lowest BCUT2D eigenvalue weighted by atomic mass is 10.3. The monoisotopic (exact) mass is 397 g/mol. The Kier molecular flexibility index (Phi) is 8.92. The molecular formula is C18H27N3O7. The van der Waals surface area contributed by atoms with E-state index in [1.807, 2.05) is 0 Å². The highest BCUT2D eigenvalue weighted by Crippen LogP contribution is 2.25. The van der Waals surface area contributed by atoms with Crippen LogP contribution in [0.5, 0.6) is 11.5 Å². The minimum Gasteiger partial charge on any atom is -0.505 e. The van der Waals surface area contributed by atoms with Crippen LogP contribution in [-0.2, 0) is 23.7 Å². The first kappa shape index (κ1) is 21.9. The van der Waals surface area contributed by atoms with Crippen molar-refractivity contribution >= 4 is 11.8 Å². The van der Waals surface area contributed by atoms with Gasteiger partial charge in [0.05, 0.1) is 52.9 Å². The Labute approximate surface area is 164 Å². The van der Waals surface area contributed by atoms with Crippen molar-refractivity contribution in [2.24, 2.45) is 4.99 Å². The highest BCUT2D eigenvalue weighted by Gasteiger charge is 2.31. The summed E-state index contributed by atoms with van der Waals surface area (Å²) in [5.74, 6) is 0.328. The Hall–Kier alpha value is -2.43. The van der Waals surface area contributed by atoms with Crippen molar-refractivity contribution in [3.05, 3.63) is 18.0 Å². The zero-order valence-electron chi connectivity index (χ0n) is 16.4. The number of carbonyl (C=O) groups is 1. The van der Waals surface area contributed by atoms with Crippen molar-refractivity contribution in [1.82, 2.24) is 9.88 Å². The molecule has 0 fully saturated rings. The SMILES string of the molecule is COCCOCCOCCOc1cnc(C2=N[C@@H](C(=O)OC)CN2C)c(O)c1. The molecule has 0 aromatic carbocycles. The van der Waals surface area contributed by atoms with Crippen LogP contribution in [0.25, 0.3) is 0 Å². The first-order valence-electron chi connectivity index (χ1n) is 8.90. The quantitative estimate of drug-likeness (QED) is 0.387. The molecule has 0 saturated carbocycles. The van der Waals surface area contributed by atoms with Crippen LogP contribution in [0.1, 0.15) is 5.69 Å². The van der Waals surface area contributed by atoms with E-state index in [2.05, 4.69) is 9.98 Å². The fraction of sp³-hybridized carbons (Fsp3) is 0.611. The fourth-order valence-corrected chi connectivity index (χ4v) is 2.51. The molecule has 156 valence electrons. The fourth-order valence-electron chi connectivity index (χ4n) is 2.51. The van der Waals surface area contributed by atoms with Crippen LogP contribution in [0.2, 0.25) is 0 Å². The van der Waals surface area contributed by atoms with Crippen LogP contribution < -0.4 is 4.74 Å². The summed E-state index contributed by atoms with van der Waals surface area (Å²) in [6.07, 6.45) is 1.49. The van der Waals surface area contributed by atoms with Crippen molar-refractivity contribution in [3.63, 3.8) is 0 Å². The van der Waals surface area contributed by atoms with Gasteiger partial charge in [0.2, 0.25) is 0 Å². The van der Waals surface area contributed by atoms with E-state index in [1.165, 1.54) is 19.4 Å². The van der Waals surface area contributed by atoms with Crippen LogP contribution in [0.4, 0.5) is 0 Å². The van der Waals surface area contributed by atoms with E-state index in [0.717, 1.165) is 0 Å². The van der Waals surface area contributed by atoms with Gasteiger partial charge < -0.3 is 33.7 Å². The second kappa shape index (κ2) is 11.4. The maximum absolute atomic E-state index is 11.7. The van der Waals surface area contributed by atoms with Crippen LogP contribution >= 0.6 is 0 Å². The van der Waals surface area contributed by atoms with E-state index in [1.54, 1.807) is 19.1 Å². The number of methoxy groups -OCH3 is 2. The molecule has 2 rings (SSSR count). The third-order valence-corrected chi connectivity index (χ3v) is 3.91. The Balaban J connectivity index is 1.79. The molecule has 1 aliphatic heterocycles. The van der Waals surface area contributed by atoms with Crippen molar-refractivity contribution in [2.75, 3.05) is 67.5 Å². The van der Waals surface area contributed by atoms with E-state index in [0.29, 0.717) is 57.8 Å². The third kappa shape index (κ3) is 6.32. The molecule has 2 heterocycles. The van der Waals surface area contributed by atoms with E-state index >= 15 is 0 Å². The number of aromatic hydroxyl groups is 1. The molecule has 0 amide bonds. The summed E-state index contributed by atoms with van der Waals surface area (Å²) < 4.78 is 25.8. The maximum Gasteiger partial charge on any atom is 0.332 e. The van der Waals surface area contributed by atoms with Crippen molar-refractivity contribution in [3.8, 4) is 11.5 Å². The summed E-state index contributed by atoms with van der Waals surface area (Å²) in [6, 6.07) is 0.829. The first-order chi connectivity index (χ1) is 13.6. The summed E-state index contributed by atoms with van der Waals surface area (Å²) in [6.45, 7) is 3.10. The number of aromatic nitrogens is 1. The van der Waals surface area contributed by atoms with Gasteiger partial charge in [-0.1, -0.05) is 0 Å². The second-order valence-electron chi connectivity index (χ2n) is 5.98. The summed E-state index contributed by atoms with van der Waals surface area (Å²) in [4.78, 5) is 21.9. The van der Waals surface area contributed by atoms with Gasteiger partial charge in [0.15, 0.2) is 11.9 Å². The van der Waals surface area contributed by atoms with Gasteiger partial charge in [-0.15, -0.1) is 0 Å². The largest absolute Gasteiger partial charge is 0.505 e. The van der Waals surface area contributed by atoms with Gasteiger partial charge in [-0.05, 0) is 0 Å². The number of rotatable bonds is 12. The number of hydrogen-bond donors (Lipinski definition) is 1. The molecule has 0 aliphatic carbocycles. The Bertz CT molecular complexity index is 669. The van der Waals surface area contributed by atoms with Crippen molar-refractivity contribution in [2.45, 2.75) is 6.04 Å². The molecule has 28 heavy (non-hydrogen) atoms. The van der Waals surface area contributed by atoms with E-state index < -0.39 is 12.0 Å². The number of esters is 1. The molecule has 10 nitrogen and oxygen atoms in total. The minimum atomic E-state index is -0.627. The van der Waals surface area contributed by atoms with Crippen LogP contribution in [0.3, 0.4) is 0 Å². The zero-order chi connectivity index (χ0) is 20.4. The predicted molar refractivity (Wildman–Crippen MR) is 99.9 cm³/mol. The van der Waals surface area contributed by atoms with Gasteiger partial charge in [0.1, 0.15) is 23.8 Å². The minimum absolute atomic E-state index is 0.0823. The smallest absolute Gasteiger partial charge is 0.332 e. The molecule has 0 saturated heterocycles. The number of aliphatic imine (C=N–C) groups is 1. The van der Waals surface area contributed by atoms with Crippen LogP contribution in [0, 0.1) is 0 Å². The number of carbonyl (C=O) groups excluding carboxylic acids is 1. The molecular weight excluding hydrogens is 370 g/mol. The van der Waals surface area contributed by atoms with Gasteiger partial charge in [-0.3, -0.25) is 0 Å². The number of ether oxygens (including phenoxy) is 5. The average Bonchev–Trinajstić information content (AvgIpc) is 3.07. The zero-order valence-corrected chi connectivity index (χ0v) is 16.4. The highest BCUT2D eigenvalue weighted by atomic mass is 16.6. The summed E-state index contributed by atoms with van der Waals surface area (Å²) >= 11 is 0. The van der Waals surface area contributed by atoms with Gasteiger partial charge in [-0.2, -0.15) is 0 Å². The summed E-state index contributed by atoms with van der Waals surface area (Å²) in [7, 11) is 4.70. The molecule has 1 N–H and O–H groups in total. The number of amidine groups is 1. The standard InChI is InChI=1S/C18H27N3O7/c1-21-12-14(18(23)25-3)20-17(21)16-15(22)10-13(11-19-16)28-9-8-27-7-6-26-5-4-24-2/h10-11,14,22H,4-9,12H2,1-3H3/t14-/m1/s1. The topological polar surface area (TPSA) is 112 Å². The van der Waals surface area contributed by atoms with Crippen LogP contribution in [0.15, 0.2) is 17.3 Å². The molecule has 0 radical (unpaired) electrons. The number of hydrogen-bond acceptors (Lipinski definition) is 10. The molecule has 1 atom stereocenters. The Morgan fingerprint density at radius 1 is 1.18 bits per heavy atom. The van der Waals surface area contributed by atoms with Gasteiger partial charge in [0, 0.05) is 20.2 Å². The third-order valence-electron chi connectivity index (χ3n) is 3.91. The number of likely N-dealkylation sites (N-methyl/N-ethyl adjacent to an activating group) is 1. The van der Waals surface area contributed by atoms with Gasteiger partial charge >= 0.3 is 5.97 Å². The number of nitrogens with zero attached hydrogens (tertiary/aromatic N) is 3. The van der Waals surface area contributed by atoms with Crippen LogP contribution in [-0.4, -0.2) is 100 Å². The maximum atomic E-state index is 11.7. The molecule has 10 heteroatoms. The van der Waals surface area contributed by atoms with E-state index in [4.69, 9.17) is 23.7 Å². The molecule has 1 aliphatic rings. The lowest BCUT2D eigenvalue weighted by molar-refractivity contribution is -0.141. The molecule has 0 unspecified atom stereocenters. The summed E-state index contributed by atoms with van der Waals surface area (Å²) in [5.41, 5.74) is 0.283. The second-order valence-corrected chi connectivity index (χ2v) is 5.98. The first-order valence-corrected chi connectivity index (χ1v) is 8.90. The van der Waals surface area contributed by atoms with Crippen molar-refractivity contribution < 1.29 is 33.6 Å². The normalized spacial score (nSPS) is 16.2. The van der Waals surface area contributed by atoms with E-state index in [-0.39, 0.29) is 11.4 Å². The molecule has 0 spiro atoms. The lowest BCUT2D eigenvalue weighted by Crippen LogP contribution is -2.29. The van der Waals surface area contributed by atoms with Crippen molar-refractivity contribution in [1.29, 1.82) is 0 Å². The predicted octanol–water partition coefficient (Wildman–Crippen LogP) is 0.0792.